The van der Waals surface area contributed by atoms with Crippen LogP contribution in [-0.2, 0) is 4.79 Å². The maximum absolute atomic E-state index is 13.6. The molecule has 2 fully saturated rings. The number of aromatic amines is 1. The second-order valence-electron chi connectivity index (χ2n) is 12.7. The van der Waals surface area contributed by atoms with Crippen molar-refractivity contribution in [3.05, 3.63) is 90.4 Å². The number of para-hydroxylation sites is 1. The zero-order valence-corrected chi connectivity index (χ0v) is 24.4. The number of hydrogen-bond donors (Lipinski definition) is 3. The van der Waals surface area contributed by atoms with Gasteiger partial charge in [0.25, 0.3) is 11.8 Å². The first-order chi connectivity index (χ1) is 20.1. The molecule has 1 aliphatic heterocycles. The number of H-pyrrole nitrogens is 1. The van der Waals surface area contributed by atoms with Crippen LogP contribution in [0.4, 0.5) is 0 Å². The van der Waals surface area contributed by atoms with Crippen LogP contribution >= 0.6 is 0 Å². The molecule has 1 saturated heterocycles. The van der Waals surface area contributed by atoms with E-state index in [4.69, 9.17) is 0 Å². The molecule has 5 unspecified atom stereocenters. The van der Waals surface area contributed by atoms with Gasteiger partial charge in [-0.15, -0.1) is 0 Å². The van der Waals surface area contributed by atoms with E-state index in [1.54, 1.807) is 18.3 Å². The fourth-order valence-electron chi connectivity index (χ4n) is 6.41. The van der Waals surface area contributed by atoms with Crippen molar-refractivity contribution in [2.45, 2.75) is 39.8 Å². The van der Waals surface area contributed by atoms with Crippen LogP contribution in [0.5, 0.6) is 0 Å². The van der Waals surface area contributed by atoms with Crippen molar-refractivity contribution >= 4 is 28.6 Å². The molecule has 3 heterocycles. The van der Waals surface area contributed by atoms with Crippen molar-refractivity contribution in [2.75, 3.05) is 13.1 Å². The summed E-state index contributed by atoms with van der Waals surface area (Å²) in [4.78, 5) is 49.8. The molecule has 0 radical (unpaired) electrons. The smallest absolute Gasteiger partial charge is 0.272 e. The van der Waals surface area contributed by atoms with Crippen molar-refractivity contribution in [3.63, 3.8) is 0 Å². The standard InChI is InChI=1S/C34H37N5O3/c1-20-24-19-39(33(42)26-15-14-23(17-35-26)21-10-6-5-7-11-21)28(29(20)24)18-36-32(41)30(34(2,3)4)38-31(40)27-16-22-12-8-9-13-25(22)37-27/h5-17,20,24,28-30,37H,18-19H2,1-4H3,(H,36,41)(H,38,40). The number of piperidine rings is 1. The lowest BCUT2D eigenvalue weighted by atomic mass is 9.86. The molecule has 4 aromatic rings. The van der Waals surface area contributed by atoms with Gasteiger partial charge in [-0.1, -0.05) is 82.3 Å². The van der Waals surface area contributed by atoms with E-state index in [-0.39, 0.29) is 23.8 Å². The van der Waals surface area contributed by atoms with E-state index in [1.807, 2.05) is 86.3 Å². The molecule has 6 rings (SSSR count). The molecule has 8 heteroatoms. The van der Waals surface area contributed by atoms with Gasteiger partial charge in [0.15, 0.2) is 0 Å². The third-order valence-corrected chi connectivity index (χ3v) is 8.90. The third kappa shape index (κ3) is 5.29. The lowest BCUT2D eigenvalue weighted by Crippen LogP contribution is -2.56. The Labute approximate surface area is 245 Å². The normalized spacial score (nSPS) is 22.0. The minimum absolute atomic E-state index is 0.118. The maximum Gasteiger partial charge on any atom is 0.272 e. The van der Waals surface area contributed by atoms with Gasteiger partial charge in [-0.3, -0.25) is 19.4 Å². The number of aromatic nitrogens is 2. The summed E-state index contributed by atoms with van der Waals surface area (Å²) in [5.41, 5.74) is 3.14. The number of pyridine rings is 1. The zero-order chi connectivity index (χ0) is 29.6. The Kier molecular flexibility index (Phi) is 7.09. The zero-order valence-electron chi connectivity index (χ0n) is 24.4. The highest BCUT2D eigenvalue weighted by Crippen LogP contribution is 2.55. The number of nitrogens with one attached hydrogen (secondary N) is 3. The molecule has 2 aromatic carbocycles. The molecule has 1 aliphatic carbocycles. The molecule has 0 spiro atoms. The van der Waals surface area contributed by atoms with Gasteiger partial charge in [-0.05, 0) is 46.9 Å². The summed E-state index contributed by atoms with van der Waals surface area (Å²) in [6.45, 7) is 8.98. The third-order valence-electron chi connectivity index (χ3n) is 8.90. The summed E-state index contributed by atoms with van der Waals surface area (Å²) < 4.78 is 0. The topological polar surface area (TPSA) is 107 Å². The summed E-state index contributed by atoms with van der Waals surface area (Å²) >= 11 is 0. The molecule has 42 heavy (non-hydrogen) atoms. The molecule has 2 aliphatic rings. The van der Waals surface area contributed by atoms with Gasteiger partial charge in [0.1, 0.15) is 17.4 Å². The molecule has 5 atom stereocenters. The number of nitrogens with zero attached hydrogens (tertiary/aromatic N) is 2. The summed E-state index contributed by atoms with van der Waals surface area (Å²) in [7, 11) is 0. The Balaban J connectivity index is 1.14. The van der Waals surface area contributed by atoms with E-state index < -0.39 is 11.5 Å². The number of fused-ring (bicyclic) bond motifs is 2. The van der Waals surface area contributed by atoms with Crippen LogP contribution in [0.3, 0.4) is 0 Å². The van der Waals surface area contributed by atoms with Crippen molar-refractivity contribution in [1.82, 2.24) is 25.5 Å². The second-order valence-corrected chi connectivity index (χ2v) is 12.7. The Bertz CT molecular complexity index is 1590. The summed E-state index contributed by atoms with van der Waals surface area (Å²) in [5, 5.41) is 6.96. The highest BCUT2D eigenvalue weighted by Gasteiger charge is 2.60. The number of carbonyl (C=O) groups excluding carboxylic acids is 3. The predicted molar refractivity (Wildman–Crippen MR) is 163 cm³/mol. The number of rotatable bonds is 7. The van der Waals surface area contributed by atoms with Crippen LogP contribution in [-0.4, -0.2) is 57.8 Å². The average molecular weight is 564 g/mol. The molecule has 1 saturated carbocycles. The number of hydrogen-bond acceptors (Lipinski definition) is 4. The van der Waals surface area contributed by atoms with E-state index in [1.165, 1.54) is 0 Å². The largest absolute Gasteiger partial charge is 0.352 e. The van der Waals surface area contributed by atoms with Gasteiger partial charge < -0.3 is 20.5 Å². The van der Waals surface area contributed by atoms with Gasteiger partial charge >= 0.3 is 0 Å². The first-order valence-corrected chi connectivity index (χ1v) is 14.6. The Morgan fingerprint density at radius 3 is 2.43 bits per heavy atom. The van der Waals surface area contributed by atoms with Crippen molar-refractivity contribution in [3.8, 4) is 11.1 Å². The fraction of sp³-hybridized carbons (Fsp3) is 0.353. The van der Waals surface area contributed by atoms with Crippen LogP contribution in [0.25, 0.3) is 22.0 Å². The molecule has 2 aromatic heterocycles. The van der Waals surface area contributed by atoms with Crippen molar-refractivity contribution in [1.29, 1.82) is 0 Å². The first kappa shape index (κ1) is 27.7. The van der Waals surface area contributed by atoms with Crippen LogP contribution in [0, 0.1) is 23.2 Å². The van der Waals surface area contributed by atoms with E-state index in [0.29, 0.717) is 42.2 Å². The van der Waals surface area contributed by atoms with Crippen LogP contribution in [0.15, 0.2) is 79.0 Å². The second kappa shape index (κ2) is 10.7. The quantitative estimate of drug-likeness (QED) is 0.297. The Morgan fingerprint density at radius 2 is 1.74 bits per heavy atom. The van der Waals surface area contributed by atoms with Gasteiger partial charge in [-0.25, -0.2) is 0 Å². The number of likely N-dealkylation sites (tertiary alicyclic amines) is 1. The molecule has 3 amide bonds. The first-order valence-electron chi connectivity index (χ1n) is 14.6. The van der Waals surface area contributed by atoms with Crippen LogP contribution in [0.2, 0.25) is 0 Å². The average Bonchev–Trinajstić information content (AvgIpc) is 3.31. The molecule has 0 bridgehead atoms. The van der Waals surface area contributed by atoms with E-state index in [9.17, 15) is 14.4 Å². The predicted octanol–water partition coefficient (Wildman–Crippen LogP) is 4.90. The van der Waals surface area contributed by atoms with E-state index in [2.05, 4.69) is 27.5 Å². The molecular weight excluding hydrogens is 526 g/mol. The van der Waals surface area contributed by atoms with Crippen molar-refractivity contribution in [2.24, 2.45) is 23.2 Å². The lowest BCUT2D eigenvalue weighted by molar-refractivity contribution is -0.125. The molecular formula is C34H37N5O3. The monoisotopic (exact) mass is 563 g/mol. The number of carbonyl (C=O) groups is 3. The van der Waals surface area contributed by atoms with Crippen molar-refractivity contribution < 1.29 is 14.4 Å². The SMILES string of the molecule is CC1C2CN(C(=O)c3ccc(-c4ccccc4)cn3)C(CNC(=O)C(NC(=O)c3cc4ccccc4[nH]3)C(C)(C)C)C12. The number of amides is 3. The summed E-state index contributed by atoms with van der Waals surface area (Å²) in [5.74, 6) is 0.560. The Hall–Kier alpha value is -4.46. The van der Waals surface area contributed by atoms with E-state index >= 15 is 0 Å². The van der Waals surface area contributed by atoms with Crippen LogP contribution in [0.1, 0.15) is 48.7 Å². The highest BCUT2D eigenvalue weighted by atomic mass is 16.2. The van der Waals surface area contributed by atoms with Gasteiger partial charge in [0, 0.05) is 35.8 Å². The molecule has 216 valence electrons. The summed E-state index contributed by atoms with van der Waals surface area (Å²) in [6.07, 6.45) is 1.74. The maximum atomic E-state index is 13.6. The van der Waals surface area contributed by atoms with E-state index in [0.717, 1.165) is 22.0 Å². The van der Waals surface area contributed by atoms with Gasteiger partial charge in [0.2, 0.25) is 5.91 Å². The summed E-state index contributed by atoms with van der Waals surface area (Å²) in [6, 6.07) is 22.2. The highest BCUT2D eigenvalue weighted by molar-refractivity contribution is 6.00. The number of benzene rings is 2. The van der Waals surface area contributed by atoms with Gasteiger partial charge in [0.05, 0.1) is 6.04 Å². The van der Waals surface area contributed by atoms with Gasteiger partial charge in [-0.2, -0.15) is 0 Å². The Morgan fingerprint density at radius 1 is 1.00 bits per heavy atom. The minimum atomic E-state index is -0.762. The lowest BCUT2D eigenvalue weighted by Gasteiger charge is -2.32. The molecule has 3 N–H and O–H groups in total. The minimum Gasteiger partial charge on any atom is -0.352 e. The fourth-order valence-corrected chi connectivity index (χ4v) is 6.41. The van der Waals surface area contributed by atoms with Crippen LogP contribution < -0.4 is 10.6 Å². The molecule has 8 nitrogen and oxygen atoms in total.